The Morgan fingerprint density at radius 2 is 1.75 bits per heavy atom. The molecule has 0 radical (unpaired) electrons. The van der Waals surface area contributed by atoms with Crippen LogP contribution in [0.2, 0.25) is 0 Å². The van der Waals surface area contributed by atoms with Crippen LogP contribution in [0.5, 0.6) is 0 Å². The average Bonchev–Trinajstić information content (AvgIpc) is 2.36. The average molecular weight is 302 g/mol. The van der Waals surface area contributed by atoms with E-state index in [1.54, 1.807) is 4.90 Å². The SMILES string of the molecule is CNC(=O)CS(=O)(=O)C1CCN(C(=O)C2CCC2)CC1. The first-order chi connectivity index (χ1) is 9.44. The molecule has 0 spiro atoms. The molecular weight excluding hydrogens is 280 g/mol. The predicted octanol–water partition coefficient (Wildman–Crippen LogP) is -0.0617. The fraction of sp³-hybridized carbons (Fsp3) is 0.846. The predicted molar refractivity (Wildman–Crippen MR) is 74.8 cm³/mol. The van der Waals surface area contributed by atoms with E-state index in [-0.39, 0.29) is 11.8 Å². The zero-order chi connectivity index (χ0) is 14.8. The van der Waals surface area contributed by atoms with E-state index in [0.717, 1.165) is 19.3 Å². The van der Waals surface area contributed by atoms with E-state index in [2.05, 4.69) is 5.32 Å². The van der Waals surface area contributed by atoms with Crippen molar-refractivity contribution in [3.63, 3.8) is 0 Å². The highest BCUT2D eigenvalue weighted by Gasteiger charge is 2.35. The molecule has 1 saturated heterocycles. The topological polar surface area (TPSA) is 83.6 Å². The number of carbonyl (C=O) groups excluding carboxylic acids is 2. The van der Waals surface area contributed by atoms with Crippen molar-refractivity contribution in [3.05, 3.63) is 0 Å². The van der Waals surface area contributed by atoms with Gasteiger partial charge in [0.1, 0.15) is 5.75 Å². The first-order valence-corrected chi connectivity index (χ1v) is 8.86. The molecule has 2 aliphatic rings. The fourth-order valence-electron chi connectivity index (χ4n) is 2.72. The molecule has 0 aromatic rings. The van der Waals surface area contributed by atoms with Gasteiger partial charge in [0, 0.05) is 26.1 Å². The molecule has 114 valence electrons. The van der Waals surface area contributed by atoms with Crippen LogP contribution >= 0.6 is 0 Å². The molecule has 2 amide bonds. The van der Waals surface area contributed by atoms with E-state index in [9.17, 15) is 18.0 Å². The Hall–Kier alpha value is -1.11. The van der Waals surface area contributed by atoms with Crippen molar-refractivity contribution in [2.24, 2.45) is 5.92 Å². The maximum Gasteiger partial charge on any atom is 0.234 e. The molecule has 0 atom stereocenters. The lowest BCUT2D eigenvalue weighted by Gasteiger charge is -2.36. The van der Waals surface area contributed by atoms with E-state index in [1.165, 1.54) is 7.05 Å². The summed E-state index contributed by atoms with van der Waals surface area (Å²) < 4.78 is 24.1. The highest BCUT2D eigenvalue weighted by Crippen LogP contribution is 2.30. The van der Waals surface area contributed by atoms with E-state index < -0.39 is 26.7 Å². The smallest absolute Gasteiger partial charge is 0.234 e. The highest BCUT2D eigenvalue weighted by molar-refractivity contribution is 7.92. The molecule has 1 N–H and O–H groups in total. The van der Waals surface area contributed by atoms with Gasteiger partial charge in [0.2, 0.25) is 11.8 Å². The normalized spacial score (nSPS) is 21.4. The van der Waals surface area contributed by atoms with Crippen LogP contribution in [-0.4, -0.2) is 56.3 Å². The Kier molecular flexibility index (Phi) is 4.67. The minimum Gasteiger partial charge on any atom is -0.358 e. The second-order valence-corrected chi connectivity index (χ2v) is 7.91. The zero-order valence-electron chi connectivity index (χ0n) is 11.8. The maximum atomic E-state index is 12.1. The van der Waals surface area contributed by atoms with Crippen LogP contribution in [-0.2, 0) is 19.4 Å². The molecule has 1 saturated carbocycles. The van der Waals surface area contributed by atoms with Gasteiger partial charge in [0.05, 0.1) is 5.25 Å². The number of nitrogens with zero attached hydrogens (tertiary/aromatic N) is 1. The third-order valence-electron chi connectivity index (χ3n) is 4.33. The number of rotatable bonds is 4. The summed E-state index contributed by atoms with van der Waals surface area (Å²) in [6, 6.07) is 0. The van der Waals surface area contributed by atoms with Crippen LogP contribution in [0.3, 0.4) is 0 Å². The molecule has 1 aliphatic carbocycles. The lowest BCUT2D eigenvalue weighted by molar-refractivity contribution is -0.139. The molecule has 0 aromatic heterocycles. The van der Waals surface area contributed by atoms with Crippen LogP contribution in [0.4, 0.5) is 0 Å². The van der Waals surface area contributed by atoms with Gasteiger partial charge >= 0.3 is 0 Å². The molecule has 0 bridgehead atoms. The monoisotopic (exact) mass is 302 g/mol. The van der Waals surface area contributed by atoms with Crippen molar-refractivity contribution in [3.8, 4) is 0 Å². The van der Waals surface area contributed by atoms with E-state index in [1.807, 2.05) is 0 Å². The third kappa shape index (κ3) is 3.31. The van der Waals surface area contributed by atoms with Crippen LogP contribution in [0, 0.1) is 5.92 Å². The number of amides is 2. The van der Waals surface area contributed by atoms with Crippen molar-refractivity contribution < 1.29 is 18.0 Å². The van der Waals surface area contributed by atoms with E-state index in [0.29, 0.717) is 25.9 Å². The second kappa shape index (κ2) is 6.11. The van der Waals surface area contributed by atoms with Gasteiger partial charge < -0.3 is 10.2 Å². The molecule has 2 fully saturated rings. The molecule has 6 nitrogen and oxygen atoms in total. The number of likely N-dealkylation sites (tertiary alicyclic amines) is 1. The van der Waals surface area contributed by atoms with Crippen molar-refractivity contribution in [1.29, 1.82) is 0 Å². The lowest BCUT2D eigenvalue weighted by Crippen LogP contribution is -2.47. The van der Waals surface area contributed by atoms with Crippen LogP contribution in [0.25, 0.3) is 0 Å². The minimum absolute atomic E-state index is 0.161. The van der Waals surface area contributed by atoms with Gasteiger partial charge in [0.25, 0.3) is 0 Å². The number of hydrogen-bond acceptors (Lipinski definition) is 4. The third-order valence-corrected chi connectivity index (χ3v) is 6.48. The molecule has 0 unspecified atom stereocenters. The van der Waals surface area contributed by atoms with Gasteiger partial charge in [-0.3, -0.25) is 9.59 Å². The summed E-state index contributed by atoms with van der Waals surface area (Å²) in [5.41, 5.74) is 0. The quantitative estimate of drug-likeness (QED) is 0.788. The van der Waals surface area contributed by atoms with Crippen LogP contribution < -0.4 is 5.32 Å². The first kappa shape index (κ1) is 15.3. The second-order valence-electron chi connectivity index (χ2n) is 5.63. The van der Waals surface area contributed by atoms with Gasteiger partial charge in [-0.05, 0) is 25.7 Å². The zero-order valence-corrected chi connectivity index (χ0v) is 12.6. The summed E-state index contributed by atoms with van der Waals surface area (Å²) in [5.74, 6) is -0.588. The van der Waals surface area contributed by atoms with Gasteiger partial charge in [-0.25, -0.2) is 8.42 Å². The number of hydrogen-bond donors (Lipinski definition) is 1. The lowest BCUT2D eigenvalue weighted by atomic mass is 9.84. The van der Waals surface area contributed by atoms with Crippen molar-refractivity contribution in [1.82, 2.24) is 10.2 Å². The number of piperidine rings is 1. The summed E-state index contributed by atoms with van der Waals surface area (Å²) in [7, 11) is -1.98. The summed E-state index contributed by atoms with van der Waals surface area (Å²) in [4.78, 5) is 25.1. The van der Waals surface area contributed by atoms with Gasteiger partial charge in [-0.15, -0.1) is 0 Å². The Balaban J connectivity index is 1.87. The van der Waals surface area contributed by atoms with Crippen molar-refractivity contribution in [2.75, 3.05) is 25.9 Å². The van der Waals surface area contributed by atoms with Gasteiger partial charge in [-0.1, -0.05) is 6.42 Å². The van der Waals surface area contributed by atoms with Crippen LogP contribution in [0.1, 0.15) is 32.1 Å². The molecule has 2 rings (SSSR count). The minimum atomic E-state index is -3.41. The van der Waals surface area contributed by atoms with Crippen molar-refractivity contribution in [2.45, 2.75) is 37.4 Å². The Morgan fingerprint density at radius 3 is 2.20 bits per heavy atom. The first-order valence-electron chi connectivity index (χ1n) is 7.15. The van der Waals surface area contributed by atoms with Gasteiger partial charge in [-0.2, -0.15) is 0 Å². The largest absolute Gasteiger partial charge is 0.358 e. The number of sulfone groups is 1. The Bertz CT molecular complexity index is 477. The number of nitrogens with one attached hydrogen (secondary N) is 1. The summed E-state index contributed by atoms with van der Waals surface area (Å²) in [6.07, 6.45) is 3.93. The summed E-state index contributed by atoms with van der Waals surface area (Å²) in [5, 5.41) is 1.84. The van der Waals surface area contributed by atoms with Gasteiger partial charge in [0.15, 0.2) is 9.84 Å². The molecule has 1 aliphatic heterocycles. The summed E-state index contributed by atoms with van der Waals surface area (Å²) >= 11 is 0. The molecule has 0 aromatic carbocycles. The standard InChI is InChI=1S/C13H22N2O4S/c1-14-12(16)9-20(18,19)11-5-7-15(8-6-11)13(17)10-3-2-4-10/h10-11H,2-9H2,1H3,(H,14,16). The molecule has 7 heteroatoms. The molecule has 1 heterocycles. The molecular formula is C13H22N2O4S. The van der Waals surface area contributed by atoms with E-state index in [4.69, 9.17) is 0 Å². The van der Waals surface area contributed by atoms with Crippen molar-refractivity contribution >= 4 is 21.7 Å². The van der Waals surface area contributed by atoms with Crippen LogP contribution in [0.15, 0.2) is 0 Å². The summed E-state index contributed by atoms with van der Waals surface area (Å²) in [6.45, 7) is 0.986. The highest BCUT2D eigenvalue weighted by atomic mass is 32.2. The Morgan fingerprint density at radius 1 is 1.15 bits per heavy atom. The maximum absolute atomic E-state index is 12.1. The Labute approximate surface area is 119 Å². The fourth-order valence-corrected chi connectivity index (χ4v) is 4.40. The number of carbonyl (C=O) groups is 2. The van der Waals surface area contributed by atoms with E-state index >= 15 is 0 Å². The molecule has 20 heavy (non-hydrogen) atoms.